The number of benzene rings is 1. The highest BCUT2D eigenvalue weighted by Gasteiger charge is 2.15. The highest BCUT2D eigenvalue weighted by molar-refractivity contribution is 5.75. The third-order valence-corrected chi connectivity index (χ3v) is 5.08. The molecule has 1 N–H and O–H groups in total. The number of imidazole rings is 1. The van der Waals surface area contributed by atoms with E-state index in [9.17, 15) is 0 Å². The molecule has 3 rings (SSSR count). The Morgan fingerprint density at radius 1 is 1.12 bits per heavy atom. The maximum absolute atomic E-state index is 4.75. The quantitative estimate of drug-likeness (QED) is 0.785. The number of rotatable bonds is 7. The fourth-order valence-corrected chi connectivity index (χ4v) is 3.50. The molecule has 0 unspecified atom stereocenters. The van der Waals surface area contributed by atoms with Crippen molar-refractivity contribution in [1.82, 2.24) is 24.7 Å². The minimum Gasteiger partial charge on any atom is -0.331 e. The largest absolute Gasteiger partial charge is 0.331 e. The molecule has 1 aromatic heterocycles. The summed E-state index contributed by atoms with van der Waals surface area (Å²) in [6.45, 7) is 9.29. The van der Waals surface area contributed by atoms with Crippen LogP contribution in [0.15, 0.2) is 24.3 Å². The predicted octanol–water partition coefficient (Wildman–Crippen LogP) is 1.73. The molecule has 1 atom stereocenters. The van der Waals surface area contributed by atoms with Gasteiger partial charge in [0.15, 0.2) is 0 Å². The monoisotopic (exact) mass is 329 g/mol. The van der Waals surface area contributed by atoms with Crippen LogP contribution in [0, 0.1) is 0 Å². The van der Waals surface area contributed by atoms with Gasteiger partial charge in [-0.25, -0.2) is 4.98 Å². The van der Waals surface area contributed by atoms with Crippen molar-refractivity contribution in [2.45, 2.75) is 25.8 Å². The number of nitrogens with one attached hydrogen (secondary N) is 1. The van der Waals surface area contributed by atoms with E-state index in [0.29, 0.717) is 6.04 Å². The maximum atomic E-state index is 4.75. The summed E-state index contributed by atoms with van der Waals surface area (Å²) < 4.78 is 2.23. The van der Waals surface area contributed by atoms with E-state index in [-0.39, 0.29) is 0 Å². The summed E-state index contributed by atoms with van der Waals surface area (Å²) in [6, 6.07) is 8.92. The number of likely N-dealkylation sites (N-methyl/N-ethyl adjacent to an activating group) is 1. The fraction of sp³-hybridized carbons (Fsp3) is 0.632. The van der Waals surface area contributed by atoms with Crippen LogP contribution in [0.1, 0.15) is 19.2 Å². The minimum atomic E-state index is 0.550. The van der Waals surface area contributed by atoms with Crippen molar-refractivity contribution >= 4 is 11.0 Å². The molecule has 0 amide bonds. The second-order valence-corrected chi connectivity index (χ2v) is 7.14. The topological polar surface area (TPSA) is 36.3 Å². The van der Waals surface area contributed by atoms with Gasteiger partial charge in [-0.2, -0.15) is 0 Å². The van der Waals surface area contributed by atoms with E-state index in [1.807, 2.05) is 0 Å². The van der Waals surface area contributed by atoms with Gasteiger partial charge in [-0.05, 0) is 39.1 Å². The van der Waals surface area contributed by atoms with Gasteiger partial charge in [0.1, 0.15) is 5.82 Å². The van der Waals surface area contributed by atoms with Gasteiger partial charge in [-0.3, -0.25) is 4.90 Å². The number of hydrogen-bond acceptors (Lipinski definition) is 4. The van der Waals surface area contributed by atoms with E-state index in [2.05, 4.69) is 65.0 Å². The second kappa shape index (κ2) is 8.10. The summed E-state index contributed by atoms with van der Waals surface area (Å²) >= 11 is 0. The number of fused-ring (bicyclic) bond motifs is 1. The second-order valence-electron chi connectivity index (χ2n) is 7.14. The molecule has 1 saturated heterocycles. The molecule has 0 aliphatic carbocycles. The standard InChI is InChI=1S/C19H31N5/c1-16(15-24-13-11-22(2)12-14-24)20-10-6-9-19-21-17-7-4-5-8-18(17)23(19)3/h4-5,7-8,16,20H,6,9-15H2,1-3H3/t16-/m1/s1. The minimum absolute atomic E-state index is 0.550. The van der Waals surface area contributed by atoms with E-state index in [0.717, 1.165) is 31.4 Å². The summed E-state index contributed by atoms with van der Waals surface area (Å²) in [5.41, 5.74) is 2.33. The van der Waals surface area contributed by atoms with E-state index in [4.69, 9.17) is 4.98 Å². The molecule has 0 radical (unpaired) electrons. The normalized spacial score (nSPS) is 18.3. The molecule has 5 heteroatoms. The molecule has 132 valence electrons. The van der Waals surface area contributed by atoms with Crippen LogP contribution >= 0.6 is 0 Å². The van der Waals surface area contributed by atoms with Crippen LogP contribution in [0.3, 0.4) is 0 Å². The molecule has 0 saturated carbocycles. The van der Waals surface area contributed by atoms with Crippen LogP contribution in [0.5, 0.6) is 0 Å². The lowest BCUT2D eigenvalue weighted by Crippen LogP contribution is -2.49. The Balaban J connectivity index is 1.39. The lowest BCUT2D eigenvalue weighted by atomic mass is 10.2. The van der Waals surface area contributed by atoms with Gasteiger partial charge in [-0.1, -0.05) is 12.1 Å². The molecule has 2 aromatic rings. The molecular formula is C19H31N5. The van der Waals surface area contributed by atoms with E-state index < -0.39 is 0 Å². The lowest BCUT2D eigenvalue weighted by molar-refractivity contribution is 0.144. The average Bonchev–Trinajstić information content (AvgIpc) is 2.90. The van der Waals surface area contributed by atoms with Crippen LogP contribution in [-0.4, -0.2) is 71.7 Å². The number of nitrogens with zero attached hydrogens (tertiary/aromatic N) is 4. The van der Waals surface area contributed by atoms with Crippen LogP contribution in [0.4, 0.5) is 0 Å². The molecule has 0 bridgehead atoms. The molecule has 1 aliphatic rings. The zero-order chi connectivity index (χ0) is 16.9. The van der Waals surface area contributed by atoms with Crippen LogP contribution < -0.4 is 5.32 Å². The van der Waals surface area contributed by atoms with Crippen molar-refractivity contribution in [3.8, 4) is 0 Å². The first-order valence-corrected chi connectivity index (χ1v) is 9.18. The predicted molar refractivity (Wildman–Crippen MR) is 100 cm³/mol. The van der Waals surface area contributed by atoms with Crippen LogP contribution in [0.2, 0.25) is 0 Å². The number of para-hydroxylation sites is 2. The third-order valence-electron chi connectivity index (χ3n) is 5.08. The van der Waals surface area contributed by atoms with Gasteiger partial charge < -0.3 is 14.8 Å². The number of aryl methyl sites for hydroxylation is 2. The van der Waals surface area contributed by atoms with E-state index in [1.165, 1.54) is 37.5 Å². The number of piperazine rings is 1. The van der Waals surface area contributed by atoms with Crippen molar-refractivity contribution in [3.63, 3.8) is 0 Å². The van der Waals surface area contributed by atoms with Gasteiger partial charge in [0.2, 0.25) is 0 Å². The summed E-state index contributed by atoms with van der Waals surface area (Å²) in [5.74, 6) is 1.18. The van der Waals surface area contributed by atoms with E-state index in [1.54, 1.807) is 0 Å². The zero-order valence-corrected chi connectivity index (χ0v) is 15.3. The lowest BCUT2D eigenvalue weighted by Gasteiger charge is -2.34. The highest BCUT2D eigenvalue weighted by atomic mass is 15.3. The van der Waals surface area contributed by atoms with Gasteiger partial charge in [-0.15, -0.1) is 0 Å². The first kappa shape index (κ1) is 17.4. The van der Waals surface area contributed by atoms with Crippen molar-refractivity contribution < 1.29 is 0 Å². The van der Waals surface area contributed by atoms with Crippen molar-refractivity contribution in [3.05, 3.63) is 30.1 Å². The molecule has 2 heterocycles. The van der Waals surface area contributed by atoms with Gasteiger partial charge >= 0.3 is 0 Å². The number of hydrogen-bond donors (Lipinski definition) is 1. The summed E-state index contributed by atoms with van der Waals surface area (Å²) in [5, 5.41) is 3.67. The molecule has 5 nitrogen and oxygen atoms in total. The maximum Gasteiger partial charge on any atom is 0.109 e. The molecule has 1 fully saturated rings. The average molecular weight is 329 g/mol. The fourth-order valence-electron chi connectivity index (χ4n) is 3.50. The van der Waals surface area contributed by atoms with Crippen LogP contribution in [0.25, 0.3) is 11.0 Å². The molecule has 1 aromatic carbocycles. The van der Waals surface area contributed by atoms with Gasteiger partial charge in [0.05, 0.1) is 11.0 Å². The first-order chi connectivity index (χ1) is 11.6. The Hall–Kier alpha value is -1.43. The smallest absolute Gasteiger partial charge is 0.109 e. The molecule has 24 heavy (non-hydrogen) atoms. The molecule has 1 aliphatic heterocycles. The summed E-state index contributed by atoms with van der Waals surface area (Å²) in [7, 11) is 4.33. The Bertz CT molecular complexity index is 642. The highest BCUT2D eigenvalue weighted by Crippen LogP contribution is 2.15. The molecular weight excluding hydrogens is 298 g/mol. The van der Waals surface area contributed by atoms with Crippen molar-refractivity contribution in [2.24, 2.45) is 7.05 Å². The SMILES string of the molecule is C[C@H](CN1CCN(C)CC1)NCCCc1nc2ccccc2n1C. The Labute approximate surface area is 145 Å². The Kier molecular flexibility index (Phi) is 5.87. The Morgan fingerprint density at radius 3 is 2.62 bits per heavy atom. The Morgan fingerprint density at radius 2 is 1.88 bits per heavy atom. The first-order valence-electron chi connectivity index (χ1n) is 9.18. The van der Waals surface area contributed by atoms with E-state index >= 15 is 0 Å². The molecule has 0 spiro atoms. The van der Waals surface area contributed by atoms with Gasteiger partial charge in [0, 0.05) is 52.2 Å². The van der Waals surface area contributed by atoms with Crippen molar-refractivity contribution in [2.75, 3.05) is 46.3 Å². The summed E-state index contributed by atoms with van der Waals surface area (Å²) in [6.07, 6.45) is 2.16. The van der Waals surface area contributed by atoms with Crippen LogP contribution in [-0.2, 0) is 13.5 Å². The third kappa shape index (κ3) is 4.35. The number of aromatic nitrogens is 2. The zero-order valence-electron chi connectivity index (χ0n) is 15.3. The van der Waals surface area contributed by atoms with Crippen molar-refractivity contribution in [1.29, 1.82) is 0 Å². The summed E-state index contributed by atoms with van der Waals surface area (Å²) in [4.78, 5) is 9.73. The van der Waals surface area contributed by atoms with Gasteiger partial charge in [0.25, 0.3) is 0 Å².